The van der Waals surface area contributed by atoms with E-state index >= 15 is 0 Å². The van der Waals surface area contributed by atoms with Crippen LogP contribution in [0.15, 0.2) is 58.5 Å². The topological polar surface area (TPSA) is 28.4 Å². The summed E-state index contributed by atoms with van der Waals surface area (Å²) in [4.78, 5) is 3.47. The Hall–Kier alpha value is -2.11. The van der Waals surface area contributed by atoms with Gasteiger partial charge < -0.3 is 14.6 Å². The number of benzene rings is 1. The highest BCUT2D eigenvalue weighted by molar-refractivity contribution is 7.80. The van der Waals surface area contributed by atoms with E-state index in [0.29, 0.717) is 11.7 Å². The minimum Gasteiger partial charge on any atom is -0.467 e. The molecule has 3 nitrogen and oxygen atoms in total. The van der Waals surface area contributed by atoms with E-state index in [1.165, 1.54) is 16.0 Å². The standard InChI is InChI=1S/C21H24N2OS2/c1-4-17-9-5-8-15(2)20(17)22-21(25)23(14-18-10-6-12-24-18)16(3)19-11-7-13-26-19/h5-13,16H,4,14H2,1-3H3,(H,22,25)/t16-/m1/s1. The molecule has 1 aromatic carbocycles. The van der Waals surface area contributed by atoms with Gasteiger partial charge in [0.15, 0.2) is 5.11 Å². The maximum atomic E-state index is 5.83. The molecule has 0 spiro atoms. The van der Waals surface area contributed by atoms with Crippen molar-refractivity contribution < 1.29 is 4.42 Å². The molecule has 0 fully saturated rings. The van der Waals surface area contributed by atoms with Gasteiger partial charge in [0.25, 0.3) is 0 Å². The van der Waals surface area contributed by atoms with Gasteiger partial charge in [0.2, 0.25) is 0 Å². The van der Waals surface area contributed by atoms with Crippen LogP contribution in [-0.4, -0.2) is 10.0 Å². The molecule has 0 amide bonds. The van der Waals surface area contributed by atoms with Crippen molar-refractivity contribution in [3.63, 3.8) is 0 Å². The molecular weight excluding hydrogens is 360 g/mol. The van der Waals surface area contributed by atoms with Crippen molar-refractivity contribution in [3.05, 3.63) is 75.9 Å². The van der Waals surface area contributed by atoms with E-state index in [2.05, 4.69) is 66.7 Å². The maximum absolute atomic E-state index is 5.83. The smallest absolute Gasteiger partial charge is 0.174 e. The molecular formula is C21H24N2OS2. The Kier molecular flexibility index (Phi) is 6.12. The zero-order valence-electron chi connectivity index (χ0n) is 15.4. The Balaban J connectivity index is 1.87. The van der Waals surface area contributed by atoms with Gasteiger partial charge in [0, 0.05) is 10.6 Å². The van der Waals surface area contributed by atoms with E-state index in [1.54, 1.807) is 17.6 Å². The monoisotopic (exact) mass is 384 g/mol. The summed E-state index contributed by atoms with van der Waals surface area (Å²) in [6.45, 7) is 7.09. The average molecular weight is 385 g/mol. The highest BCUT2D eigenvalue weighted by Crippen LogP contribution is 2.28. The van der Waals surface area contributed by atoms with Gasteiger partial charge >= 0.3 is 0 Å². The van der Waals surface area contributed by atoms with Crippen LogP contribution < -0.4 is 5.32 Å². The fourth-order valence-electron chi connectivity index (χ4n) is 3.02. The summed E-state index contributed by atoms with van der Waals surface area (Å²) < 4.78 is 5.57. The van der Waals surface area contributed by atoms with Gasteiger partial charge in [-0.05, 0) is 67.2 Å². The summed E-state index contributed by atoms with van der Waals surface area (Å²) in [5.41, 5.74) is 3.59. The Labute approximate surface area is 164 Å². The van der Waals surface area contributed by atoms with E-state index in [-0.39, 0.29) is 6.04 Å². The van der Waals surface area contributed by atoms with E-state index in [0.717, 1.165) is 17.9 Å². The molecule has 0 unspecified atom stereocenters. The first-order chi connectivity index (χ1) is 12.6. The van der Waals surface area contributed by atoms with Gasteiger partial charge in [0.1, 0.15) is 5.76 Å². The van der Waals surface area contributed by atoms with Crippen molar-refractivity contribution in [1.29, 1.82) is 0 Å². The van der Waals surface area contributed by atoms with Gasteiger partial charge in [-0.15, -0.1) is 11.3 Å². The molecule has 0 radical (unpaired) electrons. The molecule has 0 aliphatic rings. The molecule has 0 saturated heterocycles. The largest absolute Gasteiger partial charge is 0.467 e. The second-order valence-corrected chi connectivity index (χ2v) is 7.66. The third-order valence-corrected chi connectivity index (χ3v) is 5.94. The highest BCUT2D eigenvalue weighted by Gasteiger charge is 2.22. The van der Waals surface area contributed by atoms with Gasteiger partial charge in [0.05, 0.1) is 18.8 Å². The van der Waals surface area contributed by atoms with Crippen molar-refractivity contribution in [2.24, 2.45) is 0 Å². The average Bonchev–Trinajstić information content (AvgIpc) is 3.34. The van der Waals surface area contributed by atoms with Crippen LogP contribution in [0.5, 0.6) is 0 Å². The number of nitrogens with zero attached hydrogens (tertiary/aromatic N) is 1. The molecule has 0 aliphatic heterocycles. The van der Waals surface area contributed by atoms with Crippen molar-refractivity contribution in [3.8, 4) is 0 Å². The summed E-state index contributed by atoms with van der Waals surface area (Å²) in [5, 5.41) is 6.32. The van der Waals surface area contributed by atoms with E-state index in [1.807, 2.05) is 12.1 Å². The van der Waals surface area contributed by atoms with Crippen LogP contribution in [0.1, 0.15) is 41.7 Å². The molecule has 26 heavy (non-hydrogen) atoms. The van der Waals surface area contributed by atoms with Crippen LogP contribution >= 0.6 is 23.6 Å². The number of rotatable bonds is 6. The number of hydrogen-bond acceptors (Lipinski definition) is 3. The number of hydrogen-bond donors (Lipinski definition) is 1. The molecule has 2 heterocycles. The Morgan fingerprint density at radius 2 is 2.08 bits per heavy atom. The van der Waals surface area contributed by atoms with Gasteiger partial charge in [-0.2, -0.15) is 0 Å². The number of nitrogens with one attached hydrogen (secondary N) is 1. The van der Waals surface area contributed by atoms with Gasteiger partial charge in [-0.3, -0.25) is 0 Å². The van der Waals surface area contributed by atoms with Crippen molar-refractivity contribution in [1.82, 2.24) is 4.90 Å². The summed E-state index contributed by atoms with van der Waals surface area (Å²) in [7, 11) is 0. The first-order valence-electron chi connectivity index (χ1n) is 8.82. The van der Waals surface area contributed by atoms with Crippen molar-refractivity contribution >= 4 is 34.4 Å². The fraction of sp³-hybridized carbons (Fsp3) is 0.286. The molecule has 136 valence electrons. The number of anilines is 1. The molecule has 5 heteroatoms. The van der Waals surface area contributed by atoms with Crippen LogP contribution in [0.3, 0.4) is 0 Å². The lowest BCUT2D eigenvalue weighted by molar-refractivity contribution is 0.306. The zero-order valence-corrected chi connectivity index (χ0v) is 17.0. The van der Waals surface area contributed by atoms with E-state index in [4.69, 9.17) is 16.6 Å². The summed E-state index contributed by atoms with van der Waals surface area (Å²) >= 11 is 7.57. The predicted molar refractivity (Wildman–Crippen MR) is 114 cm³/mol. The third kappa shape index (κ3) is 4.17. The molecule has 3 rings (SSSR count). The number of aryl methyl sites for hydroxylation is 2. The number of thiophene rings is 1. The molecule has 0 aliphatic carbocycles. The first-order valence-corrected chi connectivity index (χ1v) is 10.1. The third-order valence-electron chi connectivity index (χ3n) is 4.56. The van der Waals surface area contributed by atoms with E-state index in [9.17, 15) is 0 Å². The summed E-state index contributed by atoms with van der Waals surface area (Å²) in [6, 6.07) is 14.7. The first kappa shape index (κ1) is 18.7. The number of thiocarbonyl (C=S) groups is 1. The lowest BCUT2D eigenvalue weighted by Crippen LogP contribution is -2.36. The quantitative estimate of drug-likeness (QED) is 0.514. The second-order valence-electron chi connectivity index (χ2n) is 6.29. The minimum absolute atomic E-state index is 0.161. The molecule has 3 aromatic rings. The molecule has 0 saturated carbocycles. The van der Waals surface area contributed by atoms with Crippen LogP contribution in [0.25, 0.3) is 0 Å². The SMILES string of the molecule is CCc1cccc(C)c1NC(=S)N(Cc1ccco1)[C@H](C)c1cccs1. The number of furan rings is 1. The van der Waals surface area contributed by atoms with Crippen LogP contribution in [0.4, 0.5) is 5.69 Å². The molecule has 1 N–H and O–H groups in total. The lowest BCUT2D eigenvalue weighted by Gasteiger charge is -2.31. The number of para-hydroxylation sites is 1. The fourth-order valence-corrected chi connectivity index (χ4v) is 4.14. The Morgan fingerprint density at radius 3 is 2.73 bits per heavy atom. The molecule has 2 aromatic heterocycles. The lowest BCUT2D eigenvalue weighted by atomic mass is 10.1. The van der Waals surface area contributed by atoms with Crippen LogP contribution in [0.2, 0.25) is 0 Å². The zero-order chi connectivity index (χ0) is 18.5. The minimum atomic E-state index is 0.161. The molecule has 0 bridgehead atoms. The predicted octanol–water partition coefficient (Wildman–Crippen LogP) is 6.17. The summed E-state index contributed by atoms with van der Waals surface area (Å²) in [5.74, 6) is 0.901. The maximum Gasteiger partial charge on any atom is 0.174 e. The Morgan fingerprint density at radius 1 is 1.23 bits per heavy atom. The van der Waals surface area contributed by atoms with Crippen molar-refractivity contribution in [2.45, 2.75) is 39.8 Å². The van der Waals surface area contributed by atoms with Crippen LogP contribution in [-0.2, 0) is 13.0 Å². The molecule has 1 atom stereocenters. The van der Waals surface area contributed by atoms with Gasteiger partial charge in [-0.1, -0.05) is 31.2 Å². The Bertz CT molecular complexity index is 841. The van der Waals surface area contributed by atoms with E-state index < -0.39 is 0 Å². The summed E-state index contributed by atoms with van der Waals surface area (Å²) in [6.07, 6.45) is 2.67. The van der Waals surface area contributed by atoms with Crippen LogP contribution in [0, 0.1) is 6.92 Å². The van der Waals surface area contributed by atoms with Gasteiger partial charge in [-0.25, -0.2) is 0 Å². The normalized spacial score (nSPS) is 12.0. The second kappa shape index (κ2) is 8.52. The highest BCUT2D eigenvalue weighted by atomic mass is 32.1. The van der Waals surface area contributed by atoms with Crippen molar-refractivity contribution in [2.75, 3.05) is 5.32 Å².